The van der Waals surface area contributed by atoms with Gasteiger partial charge in [-0.3, -0.25) is 10.8 Å². The monoisotopic (exact) mass is 271 g/mol. The summed E-state index contributed by atoms with van der Waals surface area (Å²) in [6.45, 7) is 0. The van der Waals surface area contributed by atoms with Crippen molar-refractivity contribution in [3.63, 3.8) is 0 Å². The number of nitrogens with zero attached hydrogens (tertiary/aromatic N) is 3. The molecule has 0 saturated carbocycles. The molecule has 0 amide bonds. The molecule has 19 heavy (non-hydrogen) atoms. The van der Waals surface area contributed by atoms with Crippen molar-refractivity contribution >= 4 is 11.3 Å². The van der Waals surface area contributed by atoms with Crippen molar-refractivity contribution in [2.24, 2.45) is 5.84 Å². The summed E-state index contributed by atoms with van der Waals surface area (Å²) < 4.78 is 1.88. The average molecular weight is 271 g/mol. The van der Waals surface area contributed by atoms with Crippen LogP contribution in [0.1, 0.15) is 16.6 Å². The van der Waals surface area contributed by atoms with Gasteiger partial charge in [0.15, 0.2) is 0 Å². The van der Waals surface area contributed by atoms with Gasteiger partial charge in [-0.05, 0) is 18.2 Å². The van der Waals surface area contributed by atoms with Crippen LogP contribution in [-0.4, -0.2) is 14.8 Å². The van der Waals surface area contributed by atoms with Gasteiger partial charge in [0, 0.05) is 17.3 Å². The van der Waals surface area contributed by atoms with Gasteiger partial charge in [-0.25, -0.2) is 10.1 Å². The van der Waals surface area contributed by atoms with Crippen LogP contribution >= 0.6 is 11.3 Å². The first-order valence-corrected chi connectivity index (χ1v) is 6.72. The van der Waals surface area contributed by atoms with Gasteiger partial charge in [0.05, 0.1) is 22.9 Å². The summed E-state index contributed by atoms with van der Waals surface area (Å²) in [7, 11) is 0. The fraction of sp³-hybridized carbons (Fsp3) is 0.0769. The maximum atomic E-state index is 5.69. The van der Waals surface area contributed by atoms with E-state index in [2.05, 4.69) is 15.5 Å². The van der Waals surface area contributed by atoms with Crippen molar-refractivity contribution in [3.8, 4) is 5.69 Å². The minimum atomic E-state index is -0.116. The van der Waals surface area contributed by atoms with Crippen molar-refractivity contribution in [1.82, 2.24) is 20.2 Å². The van der Waals surface area contributed by atoms with Gasteiger partial charge in [-0.1, -0.05) is 18.2 Å². The van der Waals surface area contributed by atoms with E-state index in [4.69, 9.17) is 5.84 Å². The van der Waals surface area contributed by atoms with E-state index in [1.54, 1.807) is 23.0 Å². The molecule has 3 aromatic rings. The second-order valence-corrected chi connectivity index (χ2v) is 4.92. The zero-order valence-electron chi connectivity index (χ0n) is 10.1. The van der Waals surface area contributed by atoms with E-state index in [-0.39, 0.29) is 6.04 Å². The lowest BCUT2D eigenvalue weighted by Gasteiger charge is -2.16. The standard InChI is InChI=1S/C13H13N5S/c14-17-13(12-8-15-9-19-12)11-6-7-16-18(11)10-4-2-1-3-5-10/h1-9,13,17H,14H2. The minimum Gasteiger partial charge on any atom is -0.270 e. The van der Waals surface area contributed by atoms with Gasteiger partial charge in [0.25, 0.3) is 0 Å². The lowest BCUT2D eigenvalue weighted by Crippen LogP contribution is -2.30. The van der Waals surface area contributed by atoms with Gasteiger partial charge in [0.2, 0.25) is 0 Å². The quantitative estimate of drug-likeness (QED) is 0.561. The molecule has 6 heteroatoms. The average Bonchev–Trinajstić information content (AvgIpc) is 3.12. The normalized spacial score (nSPS) is 12.5. The van der Waals surface area contributed by atoms with Crippen LogP contribution in [0.2, 0.25) is 0 Å². The Morgan fingerprint density at radius 2 is 2.05 bits per heavy atom. The van der Waals surface area contributed by atoms with Crippen LogP contribution in [0, 0.1) is 0 Å². The van der Waals surface area contributed by atoms with E-state index in [0.717, 1.165) is 16.3 Å². The molecule has 3 rings (SSSR count). The molecule has 96 valence electrons. The Kier molecular flexibility index (Phi) is 3.37. The number of hydrazine groups is 1. The number of aromatic nitrogens is 3. The zero-order valence-corrected chi connectivity index (χ0v) is 10.9. The molecule has 0 spiro atoms. The van der Waals surface area contributed by atoms with Crippen LogP contribution in [0.25, 0.3) is 5.69 Å². The SMILES string of the molecule is NNC(c1cncs1)c1ccnn1-c1ccccc1. The van der Waals surface area contributed by atoms with Crippen LogP contribution in [0.15, 0.2) is 54.3 Å². The Labute approximate surface area is 114 Å². The summed E-state index contributed by atoms with van der Waals surface area (Å²) in [5.74, 6) is 5.69. The Morgan fingerprint density at radius 3 is 2.74 bits per heavy atom. The highest BCUT2D eigenvalue weighted by Crippen LogP contribution is 2.25. The summed E-state index contributed by atoms with van der Waals surface area (Å²) in [5, 5.41) is 4.37. The molecule has 3 N–H and O–H groups in total. The Balaban J connectivity index is 2.04. The predicted octanol–water partition coefficient (Wildman–Crippen LogP) is 1.88. The van der Waals surface area contributed by atoms with Crippen LogP contribution in [0.3, 0.4) is 0 Å². The van der Waals surface area contributed by atoms with Crippen LogP contribution in [0.4, 0.5) is 0 Å². The lowest BCUT2D eigenvalue weighted by molar-refractivity contribution is 0.604. The highest BCUT2D eigenvalue weighted by atomic mass is 32.1. The predicted molar refractivity (Wildman–Crippen MR) is 74.8 cm³/mol. The Hall–Kier alpha value is -2.02. The van der Waals surface area contributed by atoms with E-state index < -0.39 is 0 Å². The molecular formula is C13H13N5S. The third-order valence-electron chi connectivity index (χ3n) is 2.87. The number of nitrogens with one attached hydrogen (secondary N) is 1. The highest BCUT2D eigenvalue weighted by Gasteiger charge is 2.19. The van der Waals surface area contributed by atoms with Crippen molar-refractivity contribution in [2.45, 2.75) is 6.04 Å². The van der Waals surface area contributed by atoms with E-state index in [1.807, 2.05) is 47.3 Å². The van der Waals surface area contributed by atoms with Crippen LogP contribution in [-0.2, 0) is 0 Å². The molecule has 0 aliphatic heterocycles. The number of nitrogens with two attached hydrogens (primary N) is 1. The summed E-state index contributed by atoms with van der Waals surface area (Å²) in [4.78, 5) is 5.15. The van der Waals surface area contributed by atoms with Gasteiger partial charge >= 0.3 is 0 Å². The van der Waals surface area contributed by atoms with Crippen molar-refractivity contribution in [1.29, 1.82) is 0 Å². The number of benzene rings is 1. The molecule has 2 aromatic heterocycles. The molecule has 1 atom stereocenters. The first-order valence-electron chi connectivity index (χ1n) is 5.84. The number of rotatable bonds is 4. The number of hydrogen-bond donors (Lipinski definition) is 2. The molecule has 0 fully saturated rings. The fourth-order valence-electron chi connectivity index (χ4n) is 2.00. The van der Waals surface area contributed by atoms with Crippen molar-refractivity contribution in [3.05, 3.63) is 64.9 Å². The number of hydrogen-bond acceptors (Lipinski definition) is 5. The second kappa shape index (κ2) is 5.31. The van der Waals surface area contributed by atoms with Crippen LogP contribution in [0.5, 0.6) is 0 Å². The van der Waals surface area contributed by atoms with Gasteiger partial charge < -0.3 is 0 Å². The topological polar surface area (TPSA) is 68.8 Å². The fourth-order valence-corrected chi connectivity index (χ4v) is 2.69. The third kappa shape index (κ3) is 2.28. The number of para-hydroxylation sites is 1. The molecule has 1 unspecified atom stereocenters. The van der Waals surface area contributed by atoms with Crippen LogP contribution < -0.4 is 11.3 Å². The van der Waals surface area contributed by atoms with E-state index in [0.29, 0.717) is 0 Å². The molecule has 0 aliphatic rings. The largest absolute Gasteiger partial charge is 0.270 e. The summed E-state index contributed by atoms with van der Waals surface area (Å²) in [6.07, 6.45) is 3.59. The summed E-state index contributed by atoms with van der Waals surface area (Å²) in [5.41, 5.74) is 6.61. The van der Waals surface area contributed by atoms with E-state index in [1.165, 1.54) is 0 Å². The van der Waals surface area contributed by atoms with Gasteiger partial charge in [-0.15, -0.1) is 11.3 Å². The summed E-state index contributed by atoms with van der Waals surface area (Å²) >= 11 is 1.56. The third-order valence-corrected chi connectivity index (χ3v) is 3.71. The molecule has 0 saturated heterocycles. The molecule has 0 bridgehead atoms. The lowest BCUT2D eigenvalue weighted by atomic mass is 10.2. The molecule has 1 aromatic carbocycles. The Morgan fingerprint density at radius 1 is 1.21 bits per heavy atom. The summed E-state index contributed by atoms with van der Waals surface area (Å²) in [6, 6.07) is 11.8. The molecule has 5 nitrogen and oxygen atoms in total. The highest BCUT2D eigenvalue weighted by molar-refractivity contribution is 7.09. The zero-order chi connectivity index (χ0) is 13.1. The van der Waals surface area contributed by atoms with Gasteiger partial charge in [-0.2, -0.15) is 5.10 Å². The maximum Gasteiger partial charge on any atom is 0.0990 e. The first kappa shape index (κ1) is 12.0. The van der Waals surface area contributed by atoms with E-state index in [9.17, 15) is 0 Å². The second-order valence-electron chi connectivity index (χ2n) is 4.01. The molecule has 2 heterocycles. The molecule has 0 aliphatic carbocycles. The maximum absolute atomic E-state index is 5.69. The van der Waals surface area contributed by atoms with Crippen molar-refractivity contribution in [2.75, 3.05) is 0 Å². The Bertz CT molecular complexity index is 632. The van der Waals surface area contributed by atoms with Crippen molar-refractivity contribution < 1.29 is 0 Å². The molecule has 0 radical (unpaired) electrons. The first-order chi connectivity index (χ1) is 9.40. The number of thiazole rings is 1. The van der Waals surface area contributed by atoms with Gasteiger partial charge in [0.1, 0.15) is 0 Å². The minimum absolute atomic E-state index is 0.116. The smallest absolute Gasteiger partial charge is 0.0990 e. The molecular weight excluding hydrogens is 258 g/mol. The van der Waals surface area contributed by atoms with E-state index >= 15 is 0 Å².